The molecule has 0 aliphatic rings. The molecule has 27 heavy (non-hydrogen) atoms. The second-order valence-corrected chi connectivity index (χ2v) is 9.26. The second-order valence-electron chi connectivity index (χ2n) is 6.89. The van der Waals surface area contributed by atoms with Gasteiger partial charge in [0.05, 0.1) is 13.2 Å². The molecule has 0 aliphatic carbocycles. The summed E-state index contributed by atoms with van der Waals surface area (Å²) in [6.45, 7) is 1.55. The van der Waals surface area contributed by atoms with E-state index >= 15 is 0 Å². The Bertz CT molecular complexity index is 431. The molecule has 0 saturated heterocycles. The Morgan fingerprint density at radius 3 is 1.33 bits per heavy atom. The zero-order chi connectivity index (χ0) is 19.6. The molecular formula is C22H35Br3O2. The zero-order valence-electron chi connectivity index (χ0n) is 16.5. The van der Waals surface area contributed by atoms with E-state index in [4.69, 9.17) is 9.47 Å². The Morgan fingerprint density at radius 2 is 0.926 bits per heavy atom. The minimum Gasteiger partial charge on any atom is -0.492 e. The lowest BCUT2D eigenvalue weighted by Gasteiger charge is -2.13. The summed E-state index contributed by atoms with van der Waals surface area (Å²) in [6.07, 6.45) is 15.2. The number of rotatable bonds is 18. The van der Waals surface area contributed by atoms with Crippen molar-refractivity contribution in [3.05, 3.63) is 22.7 Å². The lowest BCUT2D eigenvalue weighted by Crippen LogP contribution is -2.01. The van der Waals surface area contributed by atoms with Crippen molar-refractivity contribution in [2.75, 3.05) is 23.9 Å². The molecule has 0 aromatic heterocycles. The van der Waals surface area contributed by atoms with Gasteiger partial charge in [-0.2, -0.15) is 0 Å². The van der Waals surface area contributed by atoms with Gasteiger partial charge >= 0.3 is 0 Å². The summed E-state index contributed by atoms with van der Waals surface area (Å²) in [7, 11) is 0. The van der Waals surface area contributed by atoms with Gasteiger partial charge in [-0.05, 0) is 53.7 Å². The zero-order valence-corrected chi connectivity index (χ0v) is 21.3. The highest BCUT2D eigenvalue weighted by Crippen LogP contribution is 2.34. The van der Waals surface area contributed by atoms with Gasteiger partial charge in [-0.1, -0.05) is 89.3 Å². The summed E-state index contributed by atoms with van der Waals surface area (Å²) in [4.78, 5) is 0. The first-order valence-corrected chi connectivity index (χ1v) is 13.5. The predicted octanol–water partition coefficient (Wildman–Crippen LogP) is 8.68. The van der Waals surface area contributed by atoms with Crippen molar-refractivity contribution in [2.24, 2.45) is 0 Å². The van der Waals surface area contributed by atoms with E-state index in [9.17, 15) is 0 Å². The van der Waals surface area contributed by atoms with Gasteiger partial charge in [0.25, 0.3) is 0 Å². The summed E-state index contributed by atoms with van der Waals surface area (Å²) in [6, 6.07) is 6.03. The van der Waals surface area contributed by atoms with E-state index in [0.717, 1.165) is 52.7 Å². The largest absolute Gasteiger partial charge is 0.492 e. The average Bonchev–Trinajstić information content (AvgIpc) is 2.68. The molecule has 156 valence electrons. The van der Waals surface area contributed by atoms with Gasteiger partial charge in [0, 0.05) is 10.7 Å². The van der Waals surface area contributed by atoms with Crippen LogP contribution in [0, 0.1) is 0 Å². The van der Waals surface area contributed by atoms with Gasteiger partial charge in [0.1, 0.15) is 16.0 Å². The Hall–Kier alpha value is 0.260. The maximum atomic E-state index is 5.95. The fraction of sp³-hybridized carbons (Fsp3) is 0.727. The molecule has 1 aromatic rings. The molecule has 1 rings (SSSR count). The van der Waals surface area contributed by atoms with Crippen molar-refractivity contribution in [3.8, 4) is 11.5 Å². The average molecular weight is 571 g/mol. The Labute approximate surface area is 191 Å². The number of alkyl halides is 2. The summed E-state index contributed by atoms with van der Waals surface area (Å²) >= 11 is 10.6. The lowest BCUT2D eigenvalue weighted by atomic mass is 10.1. The number of hydrogen-bond acceptors (Lipinski definition) is 2. The molecule has 1 aromatic carbocycles. The molecule has 0 N–H and O–H groups in total. The maximum absolute atomic E-state index is 5.95. The minimum atomic E-state index is 0.773. The van der Waals surface area contributed by atoms with Gasteiger partial charge in [-0.15, -0.1) is 0 Å². The summed E-state index contributed by atoms with van der Waals surface area (Å²) in [5, 5.41) is 2.25. The molecule has 5 heteroatoms. The Balaban J connectivity index is 2.15. The first-order chi connectivity index (χ1) is 13.3. The third-order valence-electron chi connectivity index (χ3n) is 4.50. The number of benzene rings is 1. The summed E-state index contributed by atoms with van der Waals surface area (Å²) in [5.41, 5.74) is 0. The van der Waals surface area contributed by atoms with Gasteiger partial charge in [-0.25, -0.2) is 0 Å². The third kappa shape index (κ3) is 13.2. The van der Waals surface area contributed by atoms with Crippen molar-refractivity contribution in [1.29, 1.82) is 0 Å². The number of unbranched alkanes of at least 4 members (excludes halogenated alkanes) is 10. The molecule has 0 radical (unpaired) electrons. The monoisotopic (exact) mass is 568 g/mol. The van der Waals surface area contributed by atoms with Crippen LogP contribution >= 0.6 is 47.8 Å². The van der Waals surface area contributed by atoms with Crippen LogP contribution in [0.1, 0.15) is 77.0 Å². The number of hydrogen-bond donors (Lipinski definition) is 0. The molecule has 0 unspecified atom stereocenters. The Morgan fingerprint density at radius 1 is 0.556 bits per heavy atom. The highest BCUT2D eigenvalue weighted by molar-refractivity contribution is 9.10. The van der Waals surface area contributed by atoms with Crippen LogP contribution in [0.25, 0.3) is 0 Å². The topological polar surface area (TPSA) is 18.5 Å². The van der Waals surface area contributed by atoms with E-state index in [2.05, 4.69) is 47.8 Å². The van der Waals surface area contributed by atoms with Crippen molar-refractivity contribution < 1.29 is 9.47 Å². The van der Waals surface area contributed by atoms with E-state index < -0.39 is 0 Å². The van der Waals surface area contributed by atoms with Crippen LogP contribution in [0.2, 0.25) is 0 Å². The number of ether oxygens (including phenoxy) is 2. The van der Waals surface area contributed by atoms with Crippen molar-refractivity contribution >= 4 is 47.8 Å². The van der Waals surface area contributed by atoms with Crippen LogP contribution in [-0.2, 0) is 0 Å². The van der Waals surface area contributed by atoms with E-state index in [1.807, 2.05) is 18.2 Å². The van der Waals surface area contributed by atoms with Crippen LogP contribution < -0.4 is 9.47 Å². The van der Waals surface area contributed by atoms with E-state index in [1.54, 1.807) is 0 Å². The van der Waals surface area contributed by atoms with E-state index in [-0.39, 0.29) is 0 Å². The normalized spacial score (nSPS) is 10.9. The fourth-order valence-electron chi connectivity index (χ4n) is 2.89. The highest BCUT2D eigenvalue weighted by Gasteiger charge is 2.08. The van der Waals surface area contributed by atoms with Crippen LogP contribution in [0.15, 0.2) is 22.7 Å². The maximum Gasteiger partial charge on any atom is 0.137 e. The molecular weight excluding hydrogens is 536 g/mol. The van der Waals surface area contributed by atoms with E-state index in [0.29, 0.717) is 0 Å². The standard InChI is InChI=1S/C22H35Br3O2/c23-16-9-5-1-3-7-11-18-26-20-14-13-15-21(22(20)25)27-19-12-8-4-2-6-10-17-24/h13-15H,1-12,16-19H2. The first-order valence-electron chi connectivity index (χ1n) is 10.5. The van der Waals surface area contributed by atoms with Gasteiger partial charge < -0.3 is 9.47 Å². The van der Waals surface area contributed by atoms with Crippen LogP contribution in [0.4, 0.5) is 0 Å². The quantitative estimate of drug-likeness (QED) is 0.130. The smallest absolute Gasteiger partial charge is 0.137 e. The molecule has 0 atom stereocenters. The molecule has 0 spiro atoms. The molecule has 0 saturated carbocycles. The van der Waals surface area contributed by atoms with Gasteiger partial charge in [0.15, 0.2) is 0 Å². The highest BCUT2D eigenvalue weighted by atomic mass is 79.9. The van der Waals surface area contributed by atoms with Crippen molar-refractivity contribution in [3.63, 3.8) is 0 Å². The SMILES string of the molecule is BrCCCCCCCCOc1cccc(OCCCCCCCCBr)c1Br. The molecule has 2 nitrogen and oxygen atoms in total. The van der Waals surface area contributed by atoms with Crippen LogP contribution in [0.3, 0.4) is 0 Å². The van der Waals surface area contributed by atoms with Crippen molar-refractivity contribution in [1.82, 2.24) is 0 Å². The van der Waals surface area contributed by atoms with Crippen LogP contribution in [-0.4, -0.2) is 23.9 Å². The van der Waals surface area contributed by atoms with Crippen molar-refractivity contribution in [2.45, 2.75) is 77.0 Å². The van der Waals surface area contributed by atoms with Gasteiger partial charge in [-0.3, -0.25) is 0 Å². The first kappa shape index (κ1) is 25.3. The lowest BCUT2D eigenvalue weighted by molar-refractivity contribution is 0.286. The van der Waals surface area contributed by atoms with Crippen LogP contribution in [0.5, 0.6) is 11.5 Å². The van der Waals surface area contributed by atoms with E-state index in [1.165, 1.54) is 64.2 Å². The molecule has 0 heterocycles. The molecule has 0 bridgehead atoms. The Kier molecular flexibility index (Phi) is 17.1. The third-order valence-corrected chi connectivity index (χ3v) is 6.40. The van der Waals surface area contributed by atoms with Gasteiger partial charge in [0.2, 0.25) is 0 Å². The summed E-state index contributed by atoms with van der Waals surface area (Å²) < 4.78 is 12.8. The fourth-order valence-corrected chi connectivity index (χ4v) is 4.17. The minimum absolute atomic E-state index is 0.773. The number of halogens is 3. The summed E-state index contributed by atoms with van der Waals surface area (Å²) in [5.74, 6) is 1.78. The molecule has 0 amide bonds. The molecule has 0 fully saturated rings. The predicted molar refractivity (Wildman–Crippen MR) is 128 cm³/mol. The molecule has 0 aliphatic heterocycles. The second kappa shape index (κ2) is 18.3.